The van der Waals surface area contributed by atoms with E-state index in [2.05, 4.69) is 0 Å². The van der Waals surface area contributed by atoms with Gasteiger partial charge in [-0.2, -0.15) is 0 Å². The molecule has 0 saturated heterocycles. The van der Waals surface area contributed by atoms with Crippen LogP contribution in [0.25, 0.3) is 0 Å². The Bertz CT molecular complexity index is 538. The summed E-state index contributed by atoms with van der Waals surface area (Å²) in [7, 11) is 0. The third-order valence-corrected chi connectivity index (χ3v) is 2.24. The molecule has 86 valence electrons. The van der Waals surface area contributed by atoms with Gasteiger partial charge < -0.3 is 15.6 Å². The molecule has 4 heteroatoms. The summed E-state index contributed by atoms with van der Waals surface area (Å²) >= 11 is 0. The van der Waals surface area contributed by atoms with Crippen molar-refractivity contribution in [2.24, 2.45) is 0 Å². The normalized spacial score (nSPS) is 9.88. The minimum absolute atomic E-state index is 0.0499. The zero-order valence-corrected chi connectivity index (χ0v) is 8.96. The molecule has 0 aliphatic rings. The second-order valence-electron chi connectivity index (χ2n) is 3.44. The van der Waals surface area contributed by atoms with Crippen molar-refractivity contribution in [3.05, 3.63) is 54.1 Å². The van der Waals surface area contributed by atoms with Crippen molar-refractivity contribution < 1.29 is 14.6 Å². The summed E-state index contributed by atoms with van der Waals surface area (Å²) in [6.07, 6.45) is 0. The monoisotopic (exact) mass is 229 g/mol. The maximum Gasteiger partial charge on any atom is 0.339 e. The summed E-state index contributed by atoms with van der Waals surface area (Å²) in [6.45, 7) is 0. The maximum absolute atomic E-state index is 11.0. The van der Waals surface area contributed by atoms with Gasteiger partial charge >= 0.3 is 5.97 Å². The first-order valence-electron chi connectivity index (χ1n) is 5.03. The van der Waals surface area contributed by atoms with Gasteiger partial charge in [-0.15, -0.1) is 0 Å². The summed E-state index contributed by atoms with van der Waals surface area (Å²) in [6, 6.07) is 13.6. The quantitative estimate of drug-likeness (QED) is 0.794. The van der Waals surface area contributed by atoms with E-state index in [0.717, 1.165) is 0 Å². The van der Waals surface area contributed by atoms with Crippen LogP contribution in [0.4, 0.5) is 5.69 Å². The van der Waals surface area contributed by atoms with Crippen LogP contribution < -0.4 is 10.5 Å². The molecular formula is C13H11NO3. The summed E-state index contributed by atoms with van der Waals surface area (Å²) in [5.74, 6) is -0.345. The number of hydrogen-bond acceptors (Lipinski definition) is 3. The Hall–Kier alpha value is -2.49. The average Bonchev–Trinajstić information content (AvgIpc) is 2.33. The van der Waals surface area contributed by atoms with Gasteiger partial charge in [0.05, 0.1) is 5.69 Å². The van der Waals surface area contributed by atoms with Crippen molar-refractivity contribution in [1.82, 2.24) is 0 Å². The van der Waals surface area contributed by atoms with E-state index in [-0.39, 0.29) is 11.3 Å². The molecule has 0 bridgehead atoms. The van der Waals surface area contributed by atoms with Crippen molar-refractivity contribution >= 4 is 11.7 Å². The third-order valence-electron chi connectivity index (χ3n) is 2.24. The molecule has 0 aliphatic heterocycles. The van der Waals surface area contributed by atoms with Crippen LogP contribution in [0.1, 0.15) is 10.4 Å². The van der Waals surface area contributed by atoms with Crippen molar-refractivity contribution in [2.45, 2.75) is 0 Å². The fourth-order valence-corrected chi connectivity index (χ4v) is 1.44. The number of nitrogens with two attached hydrogens (primary N) is 1. The lowest BCUT2D eigenvalue weighted by Crippen LogP contribution is -2.02. The van der Waals surface area contributed by atoms with Crippen LogP contribution in [0.5, 0.6) is 11.5 Å². The highest BCUT2D eigenvalue weighted by Crippen LogP contribution is 2.31. The van der Waals surface area contributed by atoms with Gasteiger partial charge in [0.1, 0.15) is 11.3 Å². The van der Waals surface area contributed by atoms with E-state index in [1.165, 1.54) is 6.07 Å². The standard InChI is InChI=1S/C13H11NO3/c14-11-8-4-7-10(13(15)16)12(11)17-9-5-2-1-3-6-9/h1-8H,14H2,(H,15,16). The van der Waals surface area contributed by atoms with Gasteiger partial charge in [0, 0.05) is 0 Å². The first kappa shape index (κ1) is 11.0. The minimum atomic E-state index is -1.07. The fourth-order valence-electron chi connectivity index (χ4n) is 1.44. The minimum Gasteiger partial charge on any atom is -0.478 e. The van der Waals surface area contributed by atoms with Gasteiger partial charge in [0.25, 0.3) is 0 Å². The summed E-state index contributed by atoms with van der Waals surface area (Å²) in [5.41, 5.74) is 6.07. The van der Waals surface area contributed by atoms with Crippen molar-refractivity contribution in [3.63, 3.8) is 0 Å². The molecule has 0 heterocycles. The smallest absolute Gasteiger partial charge is 0.339 e. The van der Waals surface area contributed by atoms with Crippen LogP contribution >= 0.6 is 0 Å². The number of nitrogen functional groups attached to an aromatic ring is 1. The first-order valence-corrected chi connectivity index (χ1v) is 5.03. The number of ether oxygens (including phenoxy) is 1. The van der Waals surface area contributed by atoms with Crippen molar-refractivity contribution in [1.29, 1.82) is 0 Å². The Morgan fingerprint density at radius 2 is 1.76 bits per heavy atom. The molecule has 0 atom stereocenters. The van der Waals surface area contributed by atoms with Crippen molar-refractivity contribution in [2.75, 3.05) is 5.73 Å². The molecule has 0 unspecified atom stereocenters. The van der Waals surface area contributed by atoms with E-state index < -0.39 is 5.97 Å². The average molecular weight is 229 g/mol. The molecule has 0 radical (unpaired) electrons. The zero-order valence-electron chi connectivity index (χ0n) is 8.96. The van der Waals surface area contributed by atoms with Crippen LogP contribution in [0.2, 0.25) is 0 Å². The Labute approximate surface area is 98.3 Å². The van der Waals surface area contributed by atoms with Crippen LogP contribution in [0.3, 0.4) is 0 Å². The van der Waals surface area contributed by atoms with Crippen LogP contribution in [-0.4, -0.2) is 11.1 Å². The zero-order chi connectivity index (χ0) is 12.3. The molecule has 0 fully saturated rings. The SMILES string of the molecule is Nc1cccc(C(=O)O)c1Oc1ccccc1. The fraction of sp³-hybridized carbons (Fsp3) is 0. The second-order valence-corrected chi connectivity index (χ2v) is 3.44. The Kier molecular flexibility index (Phi) is 2.96. The topological polar surface area (TPSA) is 72.6 Å². The van der Waals surface area contributed by atoms with Gasteiger partial charge in [-0.3, -0.25) is 0 Å². The number of carbonyl (C=O) groups is 1. The lowest BCUT2D eigenvalue weighted by Gasteiger charge is -2.10. The molecule has 0 saturated carbocycles. The predicted octanol–water partition coefficient (Wildman–Crippen LogP) is 2.76. The van der Waals surface area contributed by atoms with Gasteiger partial charge in [0.15, 0.2) is 5.75 Å². The number of hydrogen-bond donors (Lipinski definition) is 2. The molecule has 2 aromatic carbocycles. The maximum atomic E-state index is 11.0. The van der Waals surface area contributed by atoms with Gasteiger partial charge in [-0.25, -0.2) is 4.79 Å². The van der Waals surface area contributed by atoms with Gasteiger partial charge in [-0.1, -0.05) is 24.3 Å². The number of anilines is 1. The number of para-hydroxylation sites is 2. The van der Waals surface area contributed by atoms with Crippen LogP contribution in [-0.2, 0) is 0 Å². The third kappa shape index (κ3) is 2.36. The number of benzene rings is 2. The lowest BCUT2D eigenvalue weighted by atomic mass is 10.1. The largest absolute Gasteiger partial charge is 0.478 e. The molecule has 0 amide bonds. The Morgan fingerprint density at radius 1 is 1.06 bits per heavy atom. The first-order chi connectivity index (χ1) is 8.18. The molecule has 2 rings (SSSR count). The van der Waals surface area contributed by atoms with E-state index in [4.69, 9.17) is 15.6 Å². The van der Waals surface area contributed by atoms with Crippen LogP contribution in [0, 0.1) is 0 Å². The molecular weight excluding hydrogens is 218 g/mol. The molecule has 3 N–H and O–H groups in total. The predicted molar refractivity (Wildman–Crippen MR) is 64.3 cm³/mol. The summed E-state index contributed by atoms with van der Waals surface area (Å²) < 4.78 is 5.50. The molecule has 0 spiro atoms. The van der Waals surface area contributed by atoms with Gasteiger partial charge in [0.2, 0.25) is 0 Å². The molecule has 4 nitrogen and oxygen atoms in total. The Morgan fingerprint density at radius 3 is 2.41 bits per heavy atom. The van der Waals surface area contributed by atoms with E-state index in [1.54, 1.807) is 36.4 Å². The van der Waals surface area contributed by atoms with E-state index in [1.807, 2.05) is 6.07 Å². The lowest BCUT2D eigenvalue weighted by molar-refractivity contribution is 0.0694. The molecule has 2 aromatic rings. The van der Waals surface area contributed by atoms with E-state index in [9.17, 15) is 4.79 Å². The van der Waals surface area contributed by atoms with Crippen molar-refractivity contribution in [3.8, 4) is 11.5 Å². The molecule has 17 heavy (non-hydrogen) atoms. The van der Waals surface area contributed by atoms with E-state index >= 15 is 0 Å². The number of aromatic carboxylic acids is 1. The second kappa shape index (κ2) is 4.57. The van der Waals surface area contributed by atoms with Crippen LogP contribution in [0.15, 0.2) is 48.5 Å². The highest BCUT2D eigenvalue weighted by Gasteiger charge is 2.14. The van der Waals surface area contributed by atoms with E-state index in [0.29, 0.717) is 11.4 Å². The number of carboxylic acids is 1. The highest BCUT2D eigenvalue weighted by molar-refractivity contribution is 5.93. The Balaban J connectivity index is 2.41. The number of carboxylic acid groups (broad SMARTS) is 1. The van der Waals surface area contributed by atoms with Gasteiger partial charge in [-0.05, 0) is 24.3 Å². The molecule has 0 aromatic heterocycles. The number of rotatable bonds is 3. The summed E-state index contributed by atoms with van der Waals surface area (Å²) in [4.78, 5) is 11.0. The summed E-state index contributed by atoms with van der Waals surface area (Å²) in [5, 5.41) is 9.03. The highest BCUT2D eigenvalue weighted by atomic mass is 16.5. The molecule has 0 aliphatic carbocycles.